The molecule has 0 spiro atoms. The van der Waals surface area contributed by atoms with Gasteiger partial charge in [0.05, 0.1) is 13.0 Å². The van der Waals surface area contributed by atoms with Gasteiger partial charge in [-0.2, -0.15) is 0 Å². The summed E-state index contributed by atoms with van der Waals surface area (Å²) in [6.07, 6.45) is 2.57. The minimum Gasteiger partial charge on any atom is -0.497 e. The third-order valence-electron chi connectivity index (χ3n) is 4.83. The summed E-state index contributed by atoms with van der Waals surface area (Å²) >= 11 is 0. The number of amides is 2. The van der Waals surface area contributed by atoms with Crippen molar-refractivity contribution in [2.75, 3.05) is 31.6 Å². The van der Waals surface area contributed by atoms with Crippen LogP contribution in [0.3, 0.4) is 0 Å². The monoisotopic (exact) mass is 316 g/mol. The summed E-state index contributed by atoms with van der Waals surface area (Å²) in [6.45, 7) is 4.32. The number of anilines is 1. The summed E-state index contributed by atoms with van der Waals surface area (Å²) in [5.41, 5.74) is 0.832. The molecule has 5 heteroatoms. The molecule has 1 aromatic carbocycles. The lowest BCUT2D eigenvalue weighted by molar-refractivity contribution is -0.137. The van der Waals surface area contributed by atoms with Gasteiger partial charge in [0.2, 0.25) is 11.8 Å². The fraction of sp³-hybridized carbons (Fsp3) is 0.556. The zero-order valence-electron chi connectivity index (χ0n) is 13.8. The molecular formula is C18H24N2O3. The van der Waals surface area contributed by atoms with Crippen molar-refractivity contribution in [3.8, 4) is 5.75 Å². The molecule has 2 saturated heterocycles. The van der Waals surface area contributed by atoms with Crippen LogP contribution >= 0.6 is 0 Å². The zero-order valence-corrected chi connectivity index (χ0v) is 13.8. The van der Waals surface area contributed by atoms with E-state index < -0.39 is 0 Å². The predicted molar refractivity (Wildman–Crippen MR) is 88.4 cm³/mol. The lowest BCUT2D eigenvalue weighted by Gasteiger charge is -2.32. The molecule has 0 bridgehead atoms. The average molecular weight is 316 g/mol. The second kappa shape index (κ2) is 6.60. The molecule has 2 heterocycles. The van der Waals surface area contributed by atoms with Gasteiger partial charge in [0.25, 0.3) is 0 Å². The molecule has 0 unspecified atom stereocenters. The van der Waals surface area contributed by atoms with Crippen LogP contribution in [0.5, 0.6) is 5.75 Å². The summed E-state index contributed by atoms with van der Waals surface area (Å²) in [4.78, 5) is 28.7. The van der Waals surface area contributed by atoms with Crippen molar-refractivity contribution in [1.82, 2.24) is 4.90 Å². The Labute approximate surface area is 137 Å². The molecule has 0 N–H and O–H groups in total. The van der Waals surface area contributed by atoms with E-state index >= 15 is 0 Å². The highest BCUT2D eigenvalue weighted by Gasteiger charge is 2.37. The van der Waals surface area contributed by atoms with Crippen LogP contribution in [0.4, 0.5) is 5.69 Å². The van der Waals surface area contributed by atoms with Gasteiger partial charge in [0.15, 0.2) is 0 Å². The van der Waals surface area contributed by atoms with Crippen LogP contribution in [0.1, 0.15) is 26.2 Å². The first-order valence-corrected chi connectivity index (χ1v) is 8.31. The van der Waals surface area contributed by atoms with Gasteiger partial charge in [-0.25, -0.2) is 0 Å². The van der Waals surface area contributed by atoms with Gasteiger partial charge in [0.1, 0.15) is 5.75 Å². The van der Waals surface area contributed by atoms with E-state index in [2.05, 4.69) is 6.92 Å². The Balaban J connectivity index is 1.67. The van der Waals surface area contributed by atoms with Crippen LogP contribution < -0.4 is 9.64 Å². The molecule has 124 valence electrons. The largest absolute Gasteiger partial charge is 0.497 e. The van der Waals surface area contributed by atoms with Gasteiger partial charge in [-0.1, -0.05) is 6.92 Å². The number of carbonyl (C=O) groups excluding carboxylic acids is 2. The number of rotatable bonds is 3. The molecule has 5 nitrogen and oxygen atoms in total. The van der Waals surface area contributed by atoms with E-state index in [4.69, 9.17) is 4.74 Å². The van der Waals surface area contributed by atoms with Crippen LogP contribution in [0.2, 0.25) is 0 Å². The van der Waals surface area contributed by atoms with Crippen molar-refractivity contribution in [3.05, 3.63) is 24.3 Å². The van der Waals surface area contributed by atoms with E-state index in [0.29, 0.717) is 18.9 Å². The third-order valence-corrected chi connectivity index (χ3v) is 4.83. The maximum Gasteiger partial charge on any atom is 0.228 e. The van der Waals surface area contributed by atoms with Gasteiger partial charge in [-0.05, 0) is 43.0 Å². The van der Waals surface area contributed by atoms with Crippen molar-refractivity contribution in [2.24, 2.45) is 11.8 Å². The lowest BCUT2D eigenvalue weighted by atomic mass is 9.98. The number of nitrogens with zero attached hydrogens (tertiary/aromatic N) is 2. The average Bonchev–Trinajstić information content (AvgIpc) is 2.96. The number of benzene rings is 1. The normalized spacial score (nSPS) is 24.9. The minimum atomic E-state index is -0.213. The SMILES string of the molecule is COc1ccc(N2C[C@@H](C(=O)N3CCC[C@@H](C)C3)CC2=O)cc1. The molecule has 2 aliphatic rings. The molecule has 1 aromatic rings. The maximum absolute atomic E-state index is 12.7. The van der Waals surface area contributed by atoms with E-state index in [1.165, 1.54) is 6.42 Å². The lowest BCUT2D eigenvalue weighted by Crippen LogP contribution is -2.43. The second-order valence-electron chi connectivity index (χ2n) is 6.64. The van der Waals surface area contributed by atoms with Gasteiger partial charge in [-0.15, -0.1) is 0 Å². The topological polar surface area (TPSA) is 49.9 Å². The number of hydrogen-bond acceptors (Lipinski definition) is 3. The first kappa shape index (κ1) is 15.8. The zero-order chi connectivity index (χ0) is 16.4. The molecule has 23 heavy (non-hydrogen) atoms. The number of carbonyl (C=O) groups is 2. The summed E-state index contributed by atoms with van der Waals surface area (Å²) in [7, 11) is 1.62. The number of methoxy groups -OCH3 is 1. The van der Waals surface area contributed by atoms with Crippen molar-refractivity contribution >= 4 is 17.5 Å². The Morgan fingerprint density at radius 1 is 1.22 bits per heavy atom. The third kappa shape index (κ3) is 3.33. The standard InChI is InChI=1S/C18H24N2O3/c1-13-4-3-9-19(11-13)18(22)14-10-17(21)20(12-14)15-5-7-16(23-2)8-6-15/h5-8,13-14H,3-4,9-12H2,1-2H3/t13-,14+/m1/s1. The highest BCUT2D eigenvalue weighted by Crippen LogP contribution is 2.29. The fourth-order valence-electron chi connectivity index (χ4n) is 3.53. The summed E-state index contributed by atoms with van der Waals surface area (Å²) in [6, 6.07) is 7.41. The summed E-state index contributed by atoms with van der Waals surface area (Å²) in [5, 5.41) is 0. The molecule has 0 aromatic heterocycles. The van der Waals surface area contributed by atoms with Gasteiger partial charge < -0.3 is 14.5 Å². The number of piperidine rings is 1. The van der Waals surface area contributed by atoms with E-state index in [9.17, 15) is 9.59 Å². The molecule has 0 saturated carbocycles. The predicted octanol–water partition coefficient (Wildman–Crippen LogP) is 2.31. The Kier molecular flexibility index (Phi) is 4.55. The van der Waals surface area contributed by atoms with Crippen molar-refractivity contribution in [3.63, 3.8) is 0 Å². The van der Waals surface area contributed by atoms with Gasteiger partial charge in [-0.3, -0.25) is 9.59 Å². The van der Waals surface area contributed by atoms with Crippen LogP contribution in [0.15, 0.2) is 24.3 Å². The first-order chi connectivity index (χ1) is 11.1. The summed E-state index contributed by atoms with van der Waals surface area (Å²) in [5.74, 6) is 1.27. The molecule has 3 rings (SSSR count). The van der Waals surface area contributed by atoms with Gasteiger partial charge in [0, 0.05) is 31.7 Å². The molecule has 2 fully saturated rings. The Hall–Kier alpha value is -2.04. The van der Waals surface area contributed by atoms with Crippen molar-refractivity contribution in [2.45, 2.75) is 26.2 Å². The molecule has 2 atom stereocenters. The fourth-order valence-corrected chi connectivity index (χ4v) is 3.53. The molecule has 0 aliphatic carbocycles. The highest BCUT2D eigenvalue weighted by atomic mass is 16.5. The molecule has 0 radical (unpaired) electrons. The molecule has 2 aliphatic heterocycles. The Bertz CT molecular complexity index is 584. The molecule has 2 amide bonds. The van der Waals surface area contributed by atoms with Crippen molar-refractivity contribution in [1.29, 1.82) is 0 Å². The molecular weight excluding hydrogens is 292 g/mol. The first-order valence-electron chi connectivity index (χ1n) is 8.31. The Morgan fingerprint density at radius 2 is 1.96 bits per heavy atom. The van der Waals surface area contributed by atoms with Gasteiger partial charge >= 0.3 is 0 Å². The van der Waals surface area contributed by atoms with Crippen LogP contribution in [0, 0.1) is 11.8 Å². The smallest absolute Gasteiger partial charge is 0.228 e. The number of likely N-dealkylation sites (tertiary alicyclic amines) is 1. The Morgan fingerprint density at radius 3 is 2.61 bits per heavy atom. The minimum absolute atomic E-state index is 0.0265. The second-order valence-corrected chi connectivity index (χ2v) is 6.64. The van der Waals surface area contributed by atoms with E-state index in [-0.39, 0.29) is 17.7 Å². The van der Waals surface area contributed by atoms with Crippen LogP contribution in [-0.4, -0.2) is 43.5 Å². The summed E-state index contributed by atoms with van der Waals surface area (Å²) < 4.78 is 5.14. The highest BCUT2D eigenvalue weighted by molar-refractivity contribution is 6.00. The quantitative estimate of drug-likeness (QED) is 0.860. The van der Waals surface area contributed by atoms with E-state index in [1.54, 1.807) is 12.0 Å². The van der Waals surface area contributed by atoms with E-state index in [1.807, 2.05) is 29.2 Å². The van der Waals surface area contributed by atoms with Crippen molar-refractivity contribution < 1.29 is 14.3 Å². The maximum atomic E-state index is 12.7. The van der Waals surface area contributed by atoms with Crippen LogP contribution in [-0.2, 0) is 9.59 Å². The van der Waals surface area contributed by atoms with Crippen LogP contribution in [0.25, 0.3) is 0 Å². The van der Waals surface area contributed by atoms with E-state index in [0.717, 1.165) is 30.9 Å². The number of ether oxygens (including phenoxy) is 1. The number of hydrogen-bond donors (Lipinski definition) is 0.